The lowest BCUT2D eigenvalue weighted by molar-refractivity contribution is -0.137. The van der Waals surface area contributed by atoms with Crippen LogP contribution in [0.3, 0.4) is 0 Å². The number of nitrogens with zero attached hydrogens (tertiary/aromatic N) is 2. The topological polar surface area (TPSA) is 6.48 Å². The molecule has 0 aliphatic carbocycles. The first kappa shape index (κ1) is 18.0. The van der Waals surface area contributed by atoms with E-state index in [1.165, 1.54) is 23.3 Å². The van der Waals surface area contributed by atoms with Crippen molar-refractivity contribution in [3.63, 3.8) is 0 Å². The Hall–Kier alpha value is -1.85. The van der Waals surface area contributed by atoms with Crippen LogP contribution in [0.5, 0.6) is 0 Å². The molecule has 2 aromatic carbocycles. The quantitative estimate of drug-likeness (QED) is 0.811. The molecule has 2 nitrogen and oxygen atoms in total. The summed E-state index contributed by atoms with van der Waals surface area (Å²) >= 11 is 0. The van der Waals surface area contributed by atoms with Crippen LogP contribution in [-0.2, 0) is 19.3 Å². The fourth-order valence-electron chi connectivity index (χ4n) is 3.24. The normalized spacial score (nSPS) is 17.0. The number of hydrogen-bond acceptors (Lipinski definition) is 2. The maximum atomic E-state index is 12.8. The molecule has 2 aromatic rings. The largest absolute Gasteiger partial charge is 0.416 e. The molecule has 1 fully saturated rings. The van der Waals surface area contributed by atoms with E-state index in [1.54, 1.807) is 6.07 Å². The summed E-state index contributed by atoms with van der Waals surface area (Å²) < 4.78 is 38.5. The van der Waals surface area contributed by atoms with E-state index >= 15 is 0 Å². The minimum Gasteiger partial charge on any atom is -0.297 e. The van der Waals surface area contributed by atoms with Crippen molar-refractivity contribution < 1.29 is 13.2 Å². The number of aryl methyl sites for hydroxylation is 1. The molecule has 0 spiro atoms. The number of alkyl halides is 3. The van der Waals surface area contributed by atoms with Gasteiger partial charge in [-0.1, -0.05) is 42.5 Å². The second-order valence-electron chi connectivity index (χ2n) is 6.68. The molecule has 134 valence electrons. The van der Waals surface area contributed by atoms with Crippen LogP contribution in [0.1, 0.15) is 22.3 Å². The second kappa shape index (κ2) is 7.58. The number of benzene rings is 2. The van der Waals surface area contributed by atoms with E-state index in [2.05, 4.69) is 34.9 Å². The molecule has 0 unspecified atom stereocenters. The Labute approximate surface area is 146 Å². The Morgan fingerprint density at radius 2 is 1.48 bits per heavy atom. The maximum Gasteiger partial charge on any atom is 0.416 e. The smallest absolute Gasteiger partial charge is 0.297 e. The van der Waals surface area contributed by atoms with Crippen LogP contribution in [0, 0.1) is 6.92 Å². The van der Waals surface area contributed by atoms with Gasteiger partial charge in [0.15, 0.2) is 0 Å². The second-order valence-corrected chi connectivity index (χ2v) is 6.68. The van der Waals surface area contributed by atoms with Gasteiger partial charge in [-0.25, -0.2) is 0 Å². The first-order chi connectivity index (χ1) is 11.9. The fraction of sp³-hybridized carbons (Fsp3) is 0.400. The summed E-state index contributed by atoms with van der Waals surface area (Å²) in [5, 5.41) is 0. The Balaban J connectivity index is 1.54. The fourth-order valence-corrected chi connectivity index (χ4v) is 3.24. The van der Waals surface area contributed by atoms with E-state index in [1.807, 2.05) is 6.07 Å². The number of halogens is 3. The lowest BCUT2D eigenvalue weighted by Crippen LogP contribution is -2.45. The standard InChI is InChI=1S/C20H23F3N2/c1-16-5-2-3-7-18(16)15-25-11-9-24(10-12-25)14-17-6-4-8-19(13-17)20(21,22)23/h2-8,13H,9-12,14-15H2,1H3. The van der Waals surface area contributed by atoms with Gasteiger partial charge >= 0.3 is 6.18 Å². The van der Waals surface area contributed by atoms with Crippen LogP contribution in [0.25, 0.3) is 0 Å². The van der Waals surface area contributed by atoms with Crippen LogP contribution in [0.2, 0.25) is 0 Å². The Kier molecular flexibility index (Phi) is 5.45. The van der Waals surface area contributed by atoms with Crippen molar-refractivity contribution >= 4 is 0 Å². The molecule has 0 saturated carbocycles. The van der Waals surface area contributed by atoms with E-state index in [9.17, 15) is 13.2 Å². The highest BCUT2D eigenvalue weighted by Gasteiger charge is 2.30. The van der Waals surface area contributed by atoms with E-state index in [4.69, 9.17) is 0 Å². The van der Waals surface area contributed by atoms with Crippen LogP contribution in [-0.4, -0.2) is 36.0 Å². The highest BCUT2D eigenvalue weighted by molar-refractivity contribution is 5.26. The molecule has 0 amide bonds. The van der Waals surface area contributed by atoms with Crippen molar-refractivity contribution in [1.82, 2.24) is 9.80 Å². The zero-order chi connectivity index (χ0) is 17.9. The highest BCUT2D eigenvalue weighted by Crippen LogP contribution is 2.29. The zero-order valence-electron chi connectivity index (χ0n) is 14.4. The van der Waals surface area contributed by atoms with Gasteiger partial charge in [0.25, 0.3) is 0 Å². The summed E-state index contributed by atoms with van der Waals surface area (Å²) in [4.78, 5) is 4.63. The van der Waals surface area contributed by atoms with Gasteiger partial charge in [-0.15, -0.1) is 0 Å². The average molecular weight is 348 g/mol. The Bertz CT molecular complexity index is 704. The maximum absolute atomic E-state index is 12.8. The average Bonchev–Trinajstić information content (AvgIpc) is 2.58. The molecule has 1 heterocycles. The van der Waals surface area contributed by atoms with Crippen molar-refractivity contribution in [2.75, 3.05) is 26.2 Å². The van der Waals surface area contributed by atoms with E-state index in [-0.39, 0.29) is 0 Å². The molecule has 1 aliphatic rings. The number of rotatable bonds is 4. The lowest BCUT2D eigenvalue weighted by Gasteiger charge is -2.35. The zero-order valence-corrected chi connectivity index (χ0v) is 14.4. The molecular weight excluding hydrogens is 325 g/mol. The summed E-state index contributed by atoms with van der Waals surface area (Å²) in [5.41, 5.74) is 2.80. The lowest BCUT2D eigenvalue weighted by atomic mass is 10.1. The van der Waals surface area contributed by atoms with Crippen molar-refractivity contribution in [2.24, 2.45) is 0 Å². The molecule has 25 heavy (non-hydrogen) atoms. The van der Waals surface area contributed by atoms with Gasteiger partial charge < -0.3 is 0 Å². The molecule has 0 bridgehead atoms. The van der Waals surface area contributed by atoms with Gasteiger partial charge in [0.1, 0.15) is 0 Å². The molecule has 5 heteroatoms. The summed E-state index contributed by atoms with van der Waals surface area (Å²) in [5.74, 6) is 0. The minimum atomic E-state index is -4.28. The van der Waals surface area contributed by atoms with Gasteiger partial charge in [-0.2, -0.15) is 13.2 Å². The van der Waals surface area contributed by atoms with Gasteiger partial charge in [0, 0.05) is 39.3 Å². The van der Waals surface area contributed by atoms with Crippen molar-refractivity contribution in [3.8, 4) is 0 Å². The Morgan fingerprint density at radius 3 is 2.12 bits per heavy atom. The van der Waals surface area contributed by atoms with E-state index in [0.29, 0.717) is 6.54 Å². The van der Waals surface area contributed by atoms with Crippen LogP contribution in [0.15, 0.2) is 48.5 Å². The van der Waals surface area contributed by atoms with Gasteiger partial charge in [0.2, 0.25) is 0 Å². The molecule has 0 N–H and O–H groups in total. The molecule has 0 radical (unpaired) electrons. The molecular formula is C20H23F3N2. The predicted octanol–water partition coefficient (Wildman–Crippen LogP) is 4.33. The highest BCUT2D eigenvalue weighted by atomic mass is 19.4. The number of hydrogen-bond donors (Lipinski definition) is 0. The van der Waals surface area contributed by atoms with Gasteiger partial charge in [-0.3, -0.25) is 9.80 Å². The monoisotopic (exact) mass is 348 g/mol. The Morgan fingerprint density at radius 1 is 0.840 bits per heavy atom. The van der Waals surface area contributed by atoms with Crippen LogP contribution in [0.4, 0.5) is 13.2 Å². The summed E-state index contributed by atoms with van der Waals surface area (Å²) in [6, 6.07) is 14.0. The SMILES string of the molecule is Cc1ccccc1CN1CCN(Cc2cccc(C(F)(F)F)c2)CC1. The van der Waals surface area contributed by atoms with E-state index in [0.717, 1.165) is 44.4 Å². The number of piperazine rings is 1. The minimum absolute atomic E-state index is 0.566. The first-order valence-corrected chi connectivity index (χ1v) is 8.57. The third-order valence-corrected chi connectivity index (χ3v) is 4.78. The molecule has 1 aliphatic heterocycles. The summed E-state index contributed by atoms with van der Waals surface area (Å²) in [7, 11) is 0. The predicted molar refractivity (Wildman–Crippen MR) is 93.2 cm³/mol. The molecule has 0 aromatic heterocycles. The van der Waals surface area contributed by atoms with Crippen LogP contribution < -0.4 is 0 Å². The molecule has 3 rings (SSSR count). The van der Waals surface area contributed by atoms with Gasteiger partial charge in [0.05, 0.1) is 5.56 Å². The van der Waals surface area contributed by atoms with Crippen molar-refractivity contribution in [3.05, 3.63) is 70.8 Å². The van der Waals surface area contributed by atoms with Crippen molar-refractivity contribution in [1.29, 1.82) is 0 Å². The third kappa shape index (κ3) is 4.83. The summed E-state index contributed by atoms with van der Waals surface area (Å²) in [6.07, 6.45) is -4.28. The first-order valence-electron chi connectivity index (χ1n) is 8.57. The molecule has 0 atom stereocenters. The van der Waals surface area contributed by atoms with Crippen molar-refractivity contribution in [2.45, 2.75) is 26.2 Å². The van der Waals surface area contributed by atoms with Gasteiger partial charge in [-0.05, 0) is 29.7 Å². The van der Waals surface area contributed by atoms with Crippen LogP contribution >= 0.6 is 0 Å². The molecule has 1 saturated heterocycles. The summed E-state index contributed by atoms with van der Waals surface area (Å²) in [6.45, 7) is 7.26. The third-order valence-electron chi connectivity index (χ3n) is 4.78. The van der Waals surface area contributed by atoms with E-state index < -0.39 is 11.7 Å².